The van der Waals surface area contributed by atoms with Crippen molar-refractivity contribution in [2.24, 2.45) is 0 Å². The van der Waals surface area contributed by atoms with Crippen molar-refractivity contribution < 1.29 is 9.53 Å². The fourth-order valence-corrected chi connectivity index (χ4v) is 2.03. The Labute approximate surface area is 119 Å². The molecule has 0 amide bonds. The van der Waals surface area contributed by atoms with E-state index in [1.165, 1.54) is 64.2 Å². The molecule has 0 saturated carbocycles. The number of esters is 1. The zero-order valence-corrected chi connectivity index (χ0v) is 13.0. The maximum absolute atomic E-state index is 10.8. The van der Waals surface area contributed by atoms with Gasteiger partial charge >= 0.3 is 5.97 Å². The first-order valence-electron chi connectivity index (χ1n) is 8.15. The number of carbonyl (C=O) groups is 1. The zero-order chi connectivity index (χ0) is 14.2. The van der Waals surface area contributed by atoms with E-state index in [2.05, 4.69) is 6.92 Å². The summed E-state index contributed by atoms with van der Waals surface area (Å²) >= 11 is 0. The molecule has 0 bridgehead atoms. The van der Waals surface area contributed by atoms with Gasteiger partial charge in [-0.3, -0.25) is 4.79 Å². The van der Waals surface area contributed by atoms with Gasteiger partial charge in [0.25, 0.3) is 0 Å². The molecule has 0 aromatic rings. The van der Waals surface area contributed by atoms with Gasteiger partial charge in [-0.25, -0.2) is 0 Å². The van der Waals surface area contributed by atoms with E-state index in [0.717, 1.165) is 6.42 Å². The third kappa shape index (κ3) is 15.2. The lowest BCUT2D eigenvalue weighted by Crippen LogP contribution is -1.95. The molecule has 0 aromatic carbocycles. The average molecular weight is 268 g/mol. The van der Waals surface area contributed by atoms with Gasteiger partial charge in [0.15, 0.2) is 0 Å². The number of carbonyl (C=O) groups excluding carboxylic acids is 1. The molecule has 0 saturated heterocycles. The third-order valence-corrected chi connectivity index (χ3v) is 3.31. The monoisotopic (exact) mass is 268 g/mol. The maximum Gasteiger partial charge on any atom is 0.310 e. The Morgan fingerprint density at radius 2 is 1.37 bits per heavy atom. The van der Waals surface area contributed by atoms with Crippen LogP contribution in [0, 0.1) is 0 Å². The van der Waals surface area contributed by atoms with Crippen LogP contribution in [0.3, 0.4) is 0 Å². The minimum absolute atomic E-state index is 0.153. The van der Waals surface area contributed by atoms with Gasteiger partial charge in [-0.1, -0.05) is 71.6 Å². The Bertz CT molecular complexity index is 221. The molecule has 0 fully saturated rings. The molecule has 0 aromatic heterocycles. The number of rotatable bonds is 13. The number of unbranched alkanes of at least 4 members (excludes halogenated alkanes) is 10. The summed E-state index contributed by atoms with van der Waals surface area (Å²) in [5.74, 6) is -0.153. The molecule has 2 heteroatoms. The molecule has 0 spiro atoms. The first kappa shape index (κ1) is 18.2. The second-order valence-corrected chi connectivity index (χ2v) is 5.19. The van der Waals surface area contributed by atoms with Crippen LogP contribution in [0.1, 0.15) is 90.9 Å². The van der Waals surface area contributed by atoms with E-state index < -0.39 is 0 Å². The van der Waals surface area contributed by atoms with E-state index in [4.69, 9.17) is 4.74 Å². The molecule has 0 radical (unpaired) electrons. The number of ether oxygens (including phenoxy) is 1. The second-order valence-electron chi connectivity index (χ2n) is 5.19. The van der Waals surface area contributed by atoms with Crippen molar-refractivity contribution >= 4 is 5.97 Å². The van der Waals surface area contributed by atoms with Crippen LogP contribution in [0.2, 0.25) is 0 Å². The van der Waals surface area contributed by atoms with Crippen molar-refractivity contribution in [1.29, 1.82) is 0 Å². The molecule has 2 nitrogen and oxygen atoms in total. The average Bonchev–Trinajstić information content (AvgIpc) is 2.43. The van der Waals surface area contributed by atoms with Gasteiger partial charge in [-0.05, 0) is 18.9 Å². The normalized spacial score (nSPS) is 11.1. The minimum atomic E-state index is -0.153. The molecule has 0 aliphatic heterocycles. The summed E-state index contributed by atoms with van der Waals surface area (Å²) < 4.78 is 4.86. The van der Waals surface area contributed by atoms with E-state index in [9.17, 15) is 4.79 Å². The quantitative estimate of drug-likeness (QED) is 0.241. The Morgan fingerprint density at radius 1 is 0.842 bits per heavy atom. The molecule has 112 valence electrons. The molecular weight excluding hydrogens is 236 g/mol. The Morgan fingerprint density at radius 3 is 1.89 bits per heavy atom. The predicted octanol–water partition coefficient (Wildman–Crippen LogP) is 5.76. The molecule has 0 atom stereocenters. The van der Waals surface area contributed by atoms with Crippen molar-refractivity contribution in [2.75, 3.05) is 0 Å². The van der Waals surface area contributed by atoms with Crippen LogP contribution in [0.4, 0.5) is 0 Å². The van der Waals surface area contributed by atoms with Crippen molar-refractivity contribution in [3.05, 3.63) is 12.3 Å². The number of allylic oxidation sites excluding steroid dienone is 1. The fourth-order valence-electron chi connectivity index (χ4n) is 2.03. The zero-order valence-electron chi connectivity index (χ0n) is 13.0. The molecular formula is C17H32O2. The highest BCUT2D eigenvalue weighted by atomic mass is 16.5. The van der Waals surface area contributed by atoms with Crippen molar-refractivity contribution in [3.8, 4) is 0 Å². The van der Waals surface area contributed by atoms with Crippen LogP contribution in [0.5, 0.6) is 0 Å². The first-order chi connectivity index (χ1) is 9.31. The summed E-state index contributed by atoms with van der Waals surface area (Å²) in [4.78, 5) is 10.8. The van der Waals surface area contributed by atoms with E-state index >= 15 is 0 Å². The van der Waals surface area contributed by atoms with Crippen LogP contribution < -0.4 is 0 Å². The SMILES string of the molecule is CCCCCCCCCCCCC=COC(=O)CC. The van der Waals surface area contributed by atoms with Crippen LogP contribution >= 0.6 is 0 Å². The molecule has 0 aliphatic rings. The van der Waals surface area contributed by atoms with E-state index in [1.54, 1.807) is 13.2 Å². The van der Waals surface area contributed by atoms with Gasteiger partial charge in [0.05, 0.1) is 6.26 Å². The lowest BCUT2D eigenvalue weighted by Gasteiger charge is -2.01. The van der Waals surface area contributed by atoms with Crippen LogP contribution in [0.25, 0.3) is 0 Å². The molecule has 0 unspecified atom stereocenters. The van der Waals surface area contributed by atoms with E-state index in [1.807, 2.05) is 6.08 Å². The van der Waals surface area contributed by atoms with Gasteiger partial charge in [0, 0.05) is 6.42 Å². The van der Waals surface area contributed by atoms with E-state index in [0.29, 0.717) is 6.42 Å². The Kier molecular flexibility index (Phi) is 14.6. The van der Waals surface area contributed by atoms with Crippen molar-refractivity contribution in [3.63, 3.8) is 0 Å². The minimum Gasteiger partial charge on any atom is -0.435 e. The number of hydrogen-bond donors (Lipinski definition) is 0. The van der Waals surface area contributed by atoms with Crippen LogP contribution in [-0.4, -0.2) is 5.97 Å². The van der Waals surface area contributed by atoms with Gasteiger partial charge in [-0.15, -0.1) is 0 Å². The molecule has 0 heterocycles. The smallest absolute Gasteiger partial charge is 0.310 e. The van der Waals surface area contributed by atoms with Crippen molar-refractivity contribution in [2.45, 2.75) is 90.9 Å². The topological polar surface area (TPSA) is 26.3 Å². The highest BCUT2D eigenvalue weighted by Crippen LogP contribution is 2.11. The lowest BCUT2D eigenvalue weighted by atomic mass is 10.1. The van der Waals surface area contributed by atoms with Gasteiger partial charge in [0.2, 0.25) is 0 Å². The van der Waals surface area contributed by atoms with Gasteiger partial charge < -0.3 is 4.74 Å². The molecule has 0 aliphatic carbocycles. The Hall–Kier alpha value is -0.790. The molecule has 0 rings (SSSR count). The summed E-state index contributed by atoms with van der Waals surface area (Å²) in [5, 5.41) is 0. The number of hydrogen-bond acceptors (Lipinski definition) is 2. The highest BCUT2D eigenvalue weighted by Gasteiger charge is 1.93. The molecule has 0 N–H and O–H groups in total. The maximum atomic E-state index is 10.8. The standard InChI is InChI=1S/C17H32O2/c1-3-5-6-7-8-9-10-11-12-13-14-15-16-19-17(18)4-2/h15-16H,3-14H2,1-2H3. The first-order valence-corrected chi connectivity index (χ1v) is 8.15. The summed E-state index contributed by atoms with van der Waals surface area (Å²) in [5.41, 5.74) is 0. The van der Waals surface area contributed by atoms with Crippen molar-refractivity contribution in [1.82, 2.24) is 0 Å². The van der Waals surface area contributed by atoms with Crippen LogP contribution in [-0.2, 0) is 9.53 Å². The predicted molar refractivity (Wildman–Crippen MR) is 82.0 cm³/mol. The fraction of sp³-hybridized carbons (Fsp3) is 0.824. The summed E-state index contributed by atoms with van der Waals surface area (Å²) in [6, 6.07) is 0. The van der Waals surface area contributed by atoms with Crippen LogP contribution in [0.15, 0.2) is 12.3 Å². The molecule has 19 heavy (non-hydrogen) atoms. The van der Waals surface area contributed by atoms with Gasteiger partial charge in [-0.2, -0.15) is 0 Å². The Balaban J connectivity index is 3.08. The van der Waals surface area contributed by atoms with E-state index in [-0.39, 0.29) is 5.97 Å². The summed E-state index contributed by atoms with van der Waals surface area (Å²) in [6.07, 6.45) is 18.6. The highest BCUT2D eigenvalue weighted by molar-refractivity contribution is 5.69. The van der Waals surface area contributed by atoms with Gasteiger partial charge in [0.1, 0.15) is 0 Å². The second kappa shape index (κ2) is 15.3. The summed E-state index contributed by atoms with van der Waals surface area (Å²) in [7, 11) is 0. The largest absolute Gasteiger partial charge is 0.435 e. The lowest BCUT2D eigenvalue weighted by molar-refractivity contribution is -0.137. The third-order valence-electron chi connectivity index (χ3n) is 3.31. The summed E-state index contributed by atoms with van der Waals surface area (Å²) in [6.45, 7) is 4.07.